The molecule has 1 aromatic rings. The Kier molecular flexibility index (Phi) is 7.74. The van der Waals surface area contributed by atoms with Crippen molar-refractivity contribution < 1.29 is 23.8 Å². The summed E-state index contributed by atoms with van der Waals surface area (Å²) in [5.74, 6) is 0.389. The van der Waals surface area contributed by atoms with Gasteiger partial charge in [-0.1, -0.05) is 13.8 Å². The first kappa shape index (κ1) is 29.7. The van der Waals surface area contributed by atoms with Gasteiger partial charge in [-0.25, -0.2) is 9.59 Å². The van der Waals surface area contributed by atoms with Crippen molar-refractivity contribution in [2.24, 2.45) is 28.6 Å². The molecular formula is C33H49N3O6. The summed E-state index contributed by atoms with van der Waals surface area (Å²) < 4.78 is 11.1. The van der Waals surface area contributed by atoms with Gasteiger partial charge in [-0.15, -0.1) is 0 Å². The van der Waals surface area contributed by atoms with Crippen molar-refractivity contribution in [3.05, 3.63) is 34.4 Å². The van der Waals surface area contributed by atoms with E-state index in [9.17, 15) is 19.5 Å². The molecule has 4 aliphatic carbocycles. The van der Waals surface area contributed by atoms with Gasteiger partial charge in [0.05, 0.1) is 11.9 Å². The zero-order chi connectivity index (χ0) is 29.9. The zero-order valence-electron chi connectivity index (χ0n) is 25.8. The Morgan fingerprint density at radius 2 is 1.86 bits per heavy atom. The first-order chi connectivity index (χ1) is 19.9. The van der Waals surface area contributed by atoms with Crippen LogP contribution in [0, 0.1) is 28.6 Å². The largest absolute Gasteiger partial charge is 0.462 e. The van der Waals surface area contributed by atoms with E-state index in [0.29, 0.717) is 18.3 Å². The lowest BCUT2D eigenvalue weighted by Crippen LogP contribution is -2.62. The van der Waals surface area contributed by atoms with Crippen LogP contribution in [0.5, 0.6) is 0 Å². The molecule has 9 heteroatoms. The van der Waals surface area contributed by atoms with Crippen molar-refractivity contribution in [1.82, 2.24) is 15.1 Å². The van der Waals surface area contributed by atoms with Crippen LogP contribution in [0.4, 0.5) is 4.79 Å². The molecule has 1 saturated heterocycles. The second kappa shape index (κ2) is 11.0. The van der Waals surface area contributed by atoms with Gasteiger partial charge in [0, 0.05) is 56.4 Å². The first-order valence-corrected chi connectivity index (χ1v) is 16.2. The lowest BCUT2D eigenvalue weighted by Gasteiger charge is -2.63. The molecule has 0 spiro atoms. The molecule has 9 atom stereocenters. The summed E-state index contributed by atoms with van der Waals surface area (Å²) in [7, 11) is 2.12. The predicted molar refractivity (Wildman–Crippen MR) is 158 cm³/mol. The van der Waals surface area contributed by atoms with Gasteiger partial charge in [-0.05, 0) is 99.8 Å². The van der Waals surface area contributed by atoms with Gasteiger partial charge in [0.2, 0.25) is 0 Å². The number of aliphatic hydroxyl groups is 1. The first-order valence-electron chi connectivity index (χ1n) is 16.2. The average molecular weight is 584 g/mol. The topological polar surface area (TPSA) is 112 Å². The summed E-state index contributed by atoms with van der Waals surface area (Å²) in [4.78, 5) is 41.4. The van der Waals surface area contributed by atoms with Crippen LogP contribution in [0.3, 0.4) is 0 Å². The average Bonchev–Trinajstić information content (AvgIpc) is 3.04. The van der Waals surface area contributed by atoms with Gasteiger partial charge in [0.1, 0.15) is 6.10 Å². The quantitative estimate of drug-likeness (QED) is 0.515. The number of fused-ring (bicyclic) bond motifs is 5. The molecule has 9 nitrogen and oxygen atoms in total. The van der Waals surface area contributed by atoms with Crippen LogP contribution < -0.4 is 10.9 Å². The SMILES string of the molecule is CC(=O)O[C@H]1C[C@]2(O)[C@@H]3CC[C@@H]4C[C@@H](NC(=O)N5CCCN(C)CC5)CC[C@]4(C)[C@H]3CC[C@]2(C)[C@H]1c1ccc(=O)oc1. The molecule has 2 amide bonds. The number of rotatable bonds is 3. The Morgan fingerprint density at radius 3 is 2.60 bits per heavy atom. The molecule has 0 radical (unpaired) electrons. The standard InChI is InChI=1S/C33H49N3O6/c1-21(37)42-27-19-33(40)26-8-7-23-18-24(34-30(39)36-15-5-14-35(4)16-17-36)10-12-31(23,2)25(26)11-13-32(33,3)29(27)22-6-9-28(38)41-20-22/h6,9,20,23-27,29,40H,5,7-8,10-19H2,1-4H3,(H,34,39)/t23-,24+,25+,26-,27+,29+,31+,32-,33+/m1/s1. The number of carbonyl (C=O) groups is 2. The maximum Gasteiger partial charge on any atom is 0.335 e. The summed E-state index contributed by atoms with van der Waals surface area (Å²) in [6, 6.07) is 3.47. The van der Waals surface area contributed by atoms with Crippen molar-refractivity contribution >= 4 is 12.0 Å². The van der Waals surface area contributed by atoms with Crippen LogP contribution in [0.2, 0.25) is 0 Å². The Bertz CT molecular complexity index is 1230. The van der Waals surface area contributed by atoms with E-state index in [1.165, 1.54) is 19.3 Å². The maximum absolute atomic E-state index is 13.2. The van der Waals surface area contributed by atoms with Crippen LogP contribution in [-0.2, 0) is 9.53 Å². The smallest absolute Gasteiger partial charge is 0.335 e. The minimum atomic E-state index is -0.990. The van der Waals surface area contributed by atoms with Crippen molar-refractivity contribution in [2.45, 2.75) is 102 Å². The number of nitrogens with zero attached hydrogens (tertiary/aromatic N) is 2. The number of nitrogens with one attached hydrogen (secondary N) is 1. The van der Waals surface area contributed by atoms with Gasteiger partial charge in [-0.3, -0.25) is 4.79 Å². The molecule has 1 aromatic heterocycles. The molecule has 0 bridgehead atoms. The van der Waals surface area contributed by atoms with Gasteiger partial charge < -0.3 is 29.4 Å². The number of esters is 1. The van der Waals surface area contributed by atoms with Gasteiger partial charge in [0.25, 0.3) is 0 Å². The number of amides is 2. The summed E-state index contributed by atoms with van der Waals surface area (Å²) in [5, 5.41) is 16.1. The van der Waals surface area contributed by atoms with Crippen molar-refractivity contribution in [2.75, 3.05) is 33.2 Å². The van der Waals surface area contributed by atoms with E-state index in [2.05, 4.69) is 31.1 Å². The van der Waals surface area contributed by atoms with E-state index in [1.807, 2.05) is 4.90 Å². The van der Waals surface area contributed by atoms with Crippen LogP contribution in [0.15, 0.2) is 27.6 Å². The fourth-order valence-corrected chi connectivity index (χ4v) is 10.3. The third kappa shape index (κ3) is 4.88. The molecule has 0 aromatic carbocycles. The Morgan fingerprint density at radius 1 is 1.05 bits per heavy atom. The highest BCUT2D eigenvalue weighted by molar-refractivity contribution is 5.74. The van der Waals surface area contributed by atoms with E-state index < -0.39 is 22.7 Å². The Labute approximate surface area is 249 Å². The van der Waals surface area contributed by atoms with Crippen molar-refractivity contribution in [3.8, 4) is 0 Å². The highest BCUT2D eigenvalue weighted by Crippen LogP contribution is 2.70. The third-order valence-electron chi connectivity index (χ3n) is 12.6. The fraction of sp³-hybridized carbons (Fsp3) is 0.788. The molecule has 232 valence electrons. The van der Waals surface area contributed by atoms with Crippen LogP contribution in [0.25, 0.3) is 0 Å². The van der Waals surface area contributed by atoms with E-state index in [0.717, 1.165) is 83.1 Å². The Hall–Kier alpha value is -2.39. The van der Waals surface area contributed by atoms with Crippen LogP contribution in [-0.4, -0.2) is 77.9 Å². The molecule has 42 heavy (non-hydrogen) atoms. The maximum atomic E-state index is 13.2. The fourth-order valence-electron chi connectivity index (χ4n) is 10.3. The normalized spacial score (nSPS) is 42.1. The Balaban J connectivity index is 1.20. The van der Waals surface area contributed by atoms with Crippen LogP contribution in [0.1, 0.15) is 90.0 Å². The highest BCUT2D eigenvalue weighted by Gasteiger charge is 2.70. The number of carbonyl (C=O) groups excluding carboxylic acids is 2. The van der Waals surface area contributed by atoms with Gasteiger partial charge in [-0.2, -0.15) is 0 Å². The molecule has 0 unspecified atom stereocenters. The summed E-state index contributed by atoms with van der Waals surface area (Å²) in [6.45, 7) is 9.56. The number of ether oxygens (including phenoxy) is 1. The summed E-state index contributed by atoms with van der Waals surface area (Å²) in [5.41, 5.74) is -1.01. The lowest BCUT2D eigenvalue weighted by molar-refractivity contribution is -0.202. The summed E-state index contributed by atoms with van der Waals surface area (Å²) >= 11 is 0. The molecule has 1 aliphatic heterocycles. The van der Waals surface area contributed by atoms with Gasteiger partial charge in [0.15, 0.2) is 0 Å². The van der Waals surface area contributed by atoms with Crippen LogP contribution >= 0.6 is 0 Å². The molecule has 5 aliphatic rings. The van der Waals surface area contributed by atoms with Gasteiger partial charge >= 0.3 is 17.6 Å². The molecule has 2 N–H and O–H groups in total. The molecular weight excluding hydrogens is 534 g/mol. The van der Waals surface area contributed by atoms with E-state index in [1.54, 1.807) is 6.07 Å². The molecule has 6 rings (SSSR count). The number of hydrogen-bond donors (Lipinski definition) is 2. The number of hydrogen-bond acceptors (Lipinski definition) is 7. The summed E-state index contributed by atoms with van der Waals surface area (Å²) in [6.07, 6.45) is 9.22. The second-order valence-electron chi connectivity index (χ2n) is 14.7. The minimum Gasteiger partial charge on any atom is -0.462 e. The predicted octanol–water partition coefficient (Wildman–Crippen LogP) is 4.14. The van der Waals surface area contributed by atoms with E-state index in [4.69, 9.17) is 9.15 Å². The minimum absolute atomic E-state index is 0.0839. The lowest BCUT2D eigenvalue weighted by atomic mass is 9.43. The number of likely N-dealkylation sites (N-methyl/N-ethyl adjacent to an activating group) is 1. The molecule has 5 fully saturated rings. The third-order valence-corrected chi connectivity index (χ3v) is 12.6. The second-order valence-corrected chi connectivity index (χ2v) is 14.7. The molecule has 4 saturated carbocycles. The van der Waals surface area contributed by atoms with Crippen molar-refractivity contribution in [1.29, 1.82) is 0 Å². The number of urea groups is 1. The highest BCUT2D eigenvalue weighted by atomic mass is 16.5. The van der Waals surface area contributed by atoms with E-state index in [-0.39, 0.29) is 35.3 Å². The van der Waals surface area contributed by atoms with E-state index >= 15 is 0 Å². The monoisotopic (exact) mass is 583 g/mol. The molecule has 2 heterocycles. The van der Waals surface area contributed by atoms with Crippen molar-refractivity contribution in [3.63, 3.8) is 0 Å². The zero-order valence-corrected chi connectivity index (χ0v) is 25.8.